The summed E-state index contributed by atoms with van der Waals surface area (Å²) in [5, 5.41) is 15.6. The molecule has 3 heterocycles. The van der Waals surface area contributed by atoms with Gasteiger partial charge in [0.15, 0.2) is 11.8 Å². The molecule has 0 spiro atoms. The number of nitrogens with zero attached hydrogens (tertiary/aromatic N) is 6. The van der Waals surface area contributed by atoms with Crippen LogP contribution in [0.4, 0.5) is 0 Å². The van der Waals surface area contributed by atoms with Crippen LogP contribution in [0.5, 0.6) is 0 Å². The molecule has 3 rings (SSSR count). The Hall–Kier alpha value is -1.24. The van der Waals surface area contributed by atoms with Gasteiger partial charge < -0.3 is 19.9 Å². The molecule has 2 aliphatic rings. The maximum absolute atomic E-state index is 5.44. The fraction of sp³-hybridized carbons (Fsp3) is 0.773. The molecule has 182 valence electrons. The number of morpholine rings is 1. The number of hydrogen-bond donors (Lipinski definition) is 2. The Morgan fingerprint density at radius 2 is 1.88 bits per heavy atom. The van der Waals surface area contributed by atoms with Crippen LogP contribution >= 0.6 is 24.0 Å². The zero-order valence-corrected chi connectivity index (χ0v) is 22.3. The Morgan fingerprint density at radius 3 is 2.50 bits per heavy atom. The molecule has 1 aromatic heterocycles. The van der Waals surface area contributed by atoms with Gasteiger partial charge in [0, 0.05) is 52.4 Å². The lowest BCUT2D eigenvalue weighted by Gasteiger charge is -2.33. The second kappa shape index (κ2) is 14.1. The summed E-state index contributed by atoms with van der Waals surface area (Å²) in [4.78, 5) is 9.77. The van der Waals surface area contributed by atoms with E-state index in [1.165, 1.54) is 5.57 Å². The van der Waals surface area contributed by atoms with E-state index in [-0.39, 0.29) is 24.0 Å². The first-order chi connectivity index (χ1) is 15.0. The third kappa shape index (κ3) is 8.95. The van der Waals surface area contributed by atoms with Crippen molar-refractivity contribution in [3.63, 3.8) is 0 Å². The van der Waals surface area contributed by atoms with Crippen molar-refractivity contribution in [3.05, 3.63) is 23.8 Å². The van der Waals surface area contributed by atoms with E-state index >= 15 is 0 Å². The van der Waals surface area contributed by atoms with Crippen LogP contribution in [-0.2, 0) is 18.3 Å². The van der Waals surface area contributed by atoms with Crippen molar-refractivity contribution in [2.45, 2.75) is 45.7 Å². The van der Waals surface area contributed by atoms with Gasteiger partial charge in [-0.25, -0.2) is 4.99 Å². The molecule has 10 heteroatoms. The molecule has 0 unspecified atom stereocenters. The van der Waals surface area contributed by atoms with Crippen molar-refractivity contribution in [2.75, 3.05) is 59.0 Å². The smallest absolute Gasteiger partial charge is 0.191 e. The number of likely N-dealkylation sites (tertiary alicyclic amines) is 1. The predicted molar refractivity (Wildman–Crippen MR) is 140 cm³/mol. The van der Waals surface area contributed by atoms with E-state index in [1.54, 1.807) is 0 Å². The molecular formula is C22H41IN8O. The summed E-state index contributed by atoms with van der Waals surface area (Å²) < 4.78 is 7.43. The summed E-state index contributed by atoms with van der Waals surface area (Å²) in [7, 11) is 1.99. The summed E-state index contributed by atoms with van der Waals surface area (Å²) in [5.74, 6) is 2.66. The number of nitrogens with one attached hydrogen (secondary N) is 2. The molecule has 0 amide bonds. The Morgan fingerprint density at radius 1 is 1.16 bits per heavy atom. The lowest BCUT2D eigenvalue weighted by Crippen LogP contribution is -2.49. The summed E-state index contributed by atoms with van der Waals surface area (Å²) in [6.07, 6.45) is 3.32. The van der Waals surface area contributed by atoms with Crippen molar-refractivity contribution < 1.29 is 4.74 Å². The quantitative estimate of drug-likeness (QED) is 0.156. The first-order valence-electron chi connectivity index (χ1n) is 11.6. The van der Waals surface area contributed by atoms with Crippen LogP contribution in [0.25, 0.3) is 0 Å². The fourth-order valence-corrected chi connectivity index (χ4v) is 4.04. The largest absolute Gasteiger partial charge is 0.379 e. The van der Waals surface area contributed by atoms with Crippen LogP contribution < -0.4 is 10.6 Å². The van der Waals surface area contributed by atoms with Gasteiger partial charge in [-0.05, 0) is 39.7 Å². The van der Waals surface area contributed by atoms with Gasteiger partial charge in [0.2, 0.25) is 0 Å². The number of guanidine groups is 1. The molecule has 0 aliphatic carbocycles. The number of halogens is 1. The number of aliphatic imine (C=N–C) groups is 1. The minimum absolute atomic E-state index is 0. The standard InChI is InChI=1S/C22H40N8O.HI/c1-18(2)17-30-10-6-20(7-11-30)25-22(24-16-21-27-26-19(3)28(21)4)23-8-5-9-29-12-14-31-15-13-29;/h20H,1,5-17H2,2-4H3,(H2,23,24,25);1H. The van der Waals surface area contributed by atoms with Gasteiger partial charge in [-0.1, -0.05) is 12.2 Å². The zero-order chi connectivity index (χ0) is 22.1. The number of aryl methyl sites for hydroxylation is 1. The van der Waals surface area contributed by atoms with Crippen molar-refractivity contribution >= 4 is 29.9 Å². The second-order valence-corrected chi connectivity index (χ2v) is 8.77. The minimum Gasteiger partial charge on any atom is -0.379 e. The molecular weight excluding hydrogens is 519 g/mol. The molecule has 32 heavy (non-hydrogen) atoms. The summed E-state index contributed by atoms with van der Waals surface area (Å²) >= 11 is 0. The van der Waals surface area contributed by atoms with Crippen molar-refractivity contribution in [1.29, 1.82) is 0 Å². The average Bonchev–Trinajstić information content (AvgIpc) is 3.08. The summed E-state index contributed by atoms with van der Waals surface area (Å²) in [5.41, 5.74) is 1.23. The molecule has 2 fully saturated rings. The van der Waals surface area contributed by atoms with Crippen LogP contribution in [0.2, 0.25) is 0 Å². The fourth-order valence-electron chi connectivity index (χ4n) is 4.04. The Labute approximate surface area is 210 Å². The lowest BCUT2D eigenvalue weighted by atomic mass is 10.0. The van der Waals surface area contributed by atoms with Crippen LogP contribution in [0.1, 0.15) is 37.8 Å². The molecule has 2 aliphatic heterocycles. The van der Waals surface area contributed by atoms with Gasteiger partial charge in [-0.2, -0.15) is 0 Å². The molecule has 2 N–H and O–H groups in total. The van der Waals surface area contributed by atoms with Crippen LogP contribution in [0.3, 0.4) is 0 Å². The van der Waals surface area contributed by atoms with E-state index < -0.39 is 0 Å². The monoisotopic (exact) mass is 560 g/mol. The zero-order valence-electron chi connectivity index (χ0n) is 20.0. The van der Waals surface area contributed by atoms with Crippen LogP contribution in [0, 0.1) is 6.92 Å². The van der Waals surface area contributed by atoms with Crippen molar-refractivity contribution in [2.24, 2.45) is 12.0 Å². The van der Waals surface area contributed by atoms with Gasteiger partial charge in [-0.3, -0.25) is 9.80 Å². The Kier molecular flexibility index (Phi) is 11.9. The summed E-state index contributed by atoms with van der Waals surface area (Å²) in [6, 6.07) is 0.438. The minimum atomic E-state index is 0. The molecule has 2 saturated heterocycles. The third-order valence-electron chi connectivity index (χ3n) is 6.03. The highest BCUT2D eigenvalue weighted by Gasteiger charge is 2.20. The third-order valence-corrected chi connectivity index (χ3v) is 6.03. The number of rotatable bonds is 9. The van der Waals surface area contributed by atoms with E-state index in [1.807, 2.05) is 18.5 Å². The number of aromatic nitrogens is 3. The van der Waals surface area contributed by atoms with Crippen LogP contribution in [-0.4, -0.2) is 95.6 Å². The highest BCUT2D eigenvalue weighted by Crippen LogP contribution is 2.11. The van der Waals surface area contributed by atoms with E-state index in [4.69, 9.17) is 9.73 Å². The van der Waals surface area contributed by atoms with Crippen molar-refractivity contribution in [3.8, 4) is 0 Å². The van der Waals surface area contributed by atoms with E-state index in [2.05, 4.69) is 44.1 Å². The first-order valence-corrected chi connectivity index (χ1v) is 11.6. The molecule has 0 bridgehead atoms. The van der Waals surface area contributed by atoms with Gasteiger partial charge in [0.25, 0.3) is 0 Å². The maximum Gasteiger partial charge on any atom is 0.191 e. The maximum atomic E-state index is 5.44. The van der Waals surface area contributed by atoms with E-state index in [9.17, 15) is 0 Å². The SMILES string of the molecule is C=C(C)CN1CCC(NC(=NCc2nnc(C)n2C)NCCCN2CCOCC2)CC1.I. The topological polar surface area (TPSA) is 82.8 Å². The van der Waals surface area contributed by atoms with Gasteiger partial charge >= 0.3 is 0 Å². The highest BCUT2D eigenvalue weighted by atomic mass is 127. The molecule has 9 nitrogen and oxygen atoms in total. The van der Waals surface area contributed by atoms with Crippen molar-refractivity contribution in [1.82, 2.24) is 35.2 Å². The first kappa shape index (κ1) is 27.0. The normalized spacial score (nSPS) is 18.9. The Bertz CT molecular complexity index is 724. The highest BCUT2D eigenvalue weighted by molar-refractivity contribution is 14.0. The molecule has 0 radical (unpaired) electrons. The predicted octanol–water partition coefficient (Wildman–Crippen LogP) is 1.54. The van der Waals surface area contributed by atoms with Gasteiger partial charge in [0.05, 0.1) is 13.2 Å². The summed E-state index contributed by atoms with van der Waals surface area (Å²) in [6.45, 7) is 17.6. The number of ether oxygens (including phenoxy) is 1. The van der Waals surface area contributed by atoms with Gasteiger partial charge in [-0.15, -0.1) is 34.2 Å². The molecule has 0 saturated carbocycles. The molecule has 0 atom stereocenters. The molecule has 1 aromatic rings. The van der Waals surface area contributed by atoms with Crippen LogP contribution in [0.15, 0.2) is 17.1 Å². The van der Waals surface area contributed by atoms with E-state index in [0.29, 0.717) is 12.6 Å². The van der Waals surface area contributed by atoms with Gasteiger partial charge in [0.1, 0.15) is 12.4 Å². The Balaban J connectivity index is 0.00000363. The lowest BCUT2D eigenvalue weighted by molar-refractivity contribution is 0.0376. The molecule has 0 aromatic carbocycles. The second-order valence-electron chi connectivity index (χ2n) is 8.77. The number of piperidine rings is 1. The van der Waals surface area contributed by atoms with E-state index in [0.717, 1.165) is 95.9 Å². The average molecular weight is 561 g/mol. The number of hydrogen-bond acceptors (Lipinski definition) is 6.